The number of carbonyl (C=O) groups is 1. The second kappa shape index (κ2) is 9.37. The first-order valence-electron chi connectivity index (χ1n) is 9.87. The summed E-state index contributed by atoms with van der Waals surface area (Å²) in [5.41, 5.74) is 3.44. The van der Waals surface area contributed by atoms with E-state index in [0.29, 0.717) is 21.4 Å². The monoisotopic (exact) mass is 434 g/mol. The number of aliphatic hydroxyl groups is 1. The molecule has 3 rings (SSSR count). The summed E-state index contributed by atoms with van der Waals surface area (Å²) in [6, 6.07) is 5.47. The van der Waals surface area contributed by atoms with Gasteiger partial charge in [0.05, 0.1) is 6.10 Å². The quantitative estimate of drug-likeness (QED) is 0.656. The van der Waals surface area contributed by atoms with Gasteiger partial charge < -0.3 is 15.4 Å². The number of pyridine rings is 1. The number of aromatic amines is 1. The standard InChI is InChI=1S/C22H27ClN2O3S/c1-12-8-13(2)25-22(28)19(12)11-24-21(27)18-9-15(23)10-20(14(18)3)29-17-6-4-16(26)5-7-17/h8-10,16-17,26H,4-7,11H2,1-3H3,(H,24,27)(H,25,28). The topological polar surface area (TPSA) is 82.2 Å². The maximum atomic E-state index is 12.8. The first-order valence-corrected chi connectivity index (χ1v) is 11.1. The maximum absolute atomic E-state index is 12.8. The van der Waals surface area contributed by atoms with Crippen LogP contribution in [0, 0.1) is 20.8 Å². The first kappa shape index (κ1) is 21.9. The van der Waals surface area contributed by atoms with Crippen LogP contribution in [0.2, 0.25) is 5.02 Å². The molecule has 0 unspecified atom stereocenters. The summed E-state index contributed by atoms with van der Waals surface area (Å²) >= 11 is 8.03. The third kappa shape index (κ3) is 5.44. The molecule has 0 atom stereocenters. The Labute approximate surface area is 180 Å². The number of hydrogen-bond acceptors (Lipinski definition) is 4. The number of benzene rings is 1. The molecule has 0 radical (unpaired) electrons. The van der Waals surface area contributed by atoms with Gasteiger partial charge in [-0.3, -0.25) is 9.59 Å². The van der Waals surface area contributed by atoms with Crippen LogP contribution in [0.5, 0.6) is 0 Å². The minimum Gasteiger partial charge on any atom is -0.393 e. The normalized spacial score (nSPS) is 19.2. The van der Waals surface area contributed by atoms with Gasteiger partial charge in [0.1, 0.15) is 0 Å². The Morgan fingerprint density at radius 2 is 1.90 bits per heavy atom. The van der Waals surface area contributed by atoms with Crippen molar-refractivity contribution in [3.63, 3.8) is 0 Å². The van der Waals surface area contributed by atoms with E-state index in [0.717, 1.165) is 47.4 Å². The highest BCUT2D eigenvalue weighted by Gasteiger charge is 2.22. The van der Waals surface area contributed by atoms with Gasteiger partial charge in [0.2, 0.25) is 0 Å². The second-order valence-electron chi connectivity index (χ2n) is 7.75. The van der Waals surface area contributed by atoms with E-state index in [4.69, 9.17) is 11.6 Å². The van der Waals surface area contributed by atoms with Gasteiger partial charge in [-0.05, 0) is 75.8 Å². The SMILES string of the molecule is Cc1cc(C)c(CNC(=O)c2cc(Cl)cc(SC3CCC(O)CC3)c2C)c(=O)[nH]1. The molecule has 1 aliphatic rings. The highest BCUT2D eigenvalue weighted by molar-refractivity contribution is 8.00. The van der Waals surface area contributed by atoms with Crippen molar-refractivity contribution in [3.8, 4) is 0 Å². The van der Waals surface area contributed by atoms with E-state index in [1.165, 1.54) is 0 Å². The maximum Gasteiger partial charge on any atom is 0.253 e. The smallest absolute Gasteiger partial charge is 0.253 e. The van der Waals surface area contributed by atoms with Gasteiger partial charge in [0.25, 0.3) is 11.5 Å². The predicted molar refractivity (Wildman–Crippen MR) is 118 cm³/mol. The zero-order valence-electron chi connectivity index (χ0n) is 17.0. The zero-order chi connectivity index (χ0) is 21.1. The van der Waals surface area contributed by atoms with Crippen molar-refractivity contribution in [2.24, 2.45) is 0 Å². The summed E-state index contributed by atoms with van der Waals surface area (Å²) in [6.07, 6.45) is 3.34. The highest BCUT2D eigenvalue weighted by Crippen LogP contribution is 2.37. The van der Waals surface area contributed by atoms with E-state index in [2.05, 4.69) is 10.3 Å². The fraction of sp³-hybridized carbons (Fsp3) is 0.455. The Balaban J connectivity index is 1.75. The average Bonchev–Trinajstić information content (AvgIpc) is 2.65. The Morgan fingerprint density at radius 1 is 1.21 bits per heavy atom. The number of aryl methyl sites for hydroxylation is 2. The summed E-state index contributed by atoms with van der Waals surface area (Å²) in [4.78, 5) is 28.8. The summed E-state index contributed by atoms with van der Waals surface area (Å²) in [5, 5.41) is 13.5. The molecule has 156 valence electrons. The summed E-state index contributed by atoms with van der Waals surface area (Å²) in [5.74, 6) is -0.245. The van der Waals surface area contributed by atoms with E-state index in [9.17, 15) is 14.7 Å². The number of aromatic nitrogens is 1. The zero-order valence-corrected chi connectivity index (χ0v) is 18.5. The van der Waals surface area contributed by atoms with Crippen LogP contribution in [-0.2, 0) is 6.54 Å². The summed E-state index contributed by atoms with van der Waals surface area (Å²) < 4.78 is 0. The molecule has 1 fully saturated rings. The van der Waals surface area contributed by atoms with E-state index in [1.807, 2.05) is 32.9 Å². The second-order valence-corrected chi connectivity index (χ2v) is 9.53. The third-order valence-electron chi connectivity index (χ3n) is 5.43. The van der Waals surface area contributed by atoms with Crippen LogP contribution < -0.4 is 10.9 Å². The van der Waals surface area contributed by atoms with Crippen LogP contribution in [0.1, 0.15) is 58.4 Å². The molecule has 29 heavy (non-hydrogen) atoms. The fourth-order valence-corrected chi connectivity index (χ4v) is 5.35. The molecular formula is C22H27ClN2O3S. The van der Waals surface area contributed by atoms with Gasteiger partial charge in [-0.15, -0.1) is 11.8 Å². The molecule has 3 N–H and O–H groups in total. The van der Waals surface area contributed by atoms with Gasteiger partial charge >= 0.3 is 0 Å². The molecule has 5 nitrogen and oxygen atoms in total. The number of nitrogens with one attached hydrogen (secondary N) is 2. The molecular weight excluding hydrogens is 408 g/mol. The molecule has 0 saturated heterocycles. The first-order chi connectivity index (χ1) is 13.7. The van der Waals surface area contributed by atoms with Crippen molar-refractivity contribution in [1.82, 2.24) is 10.3 Å². The number of carbonyl (C=O) groups excluding carboxylic acids is 1. The van der Waals surface area contributed by atoms with Crippen LogP contribution in [-0.4, -0.2) is 27.4 Å². The Bertz CT molecular complexity index is 965. The molecule has 1 aromatic carbocycles. The molecule has 7 heteroatoms. The lowest BCUT2D eigenvalue weighted by molar-refractivity contribution is 0.0950. The molecule has 2 aromatic rings. The van der Waals surface area contributed by atoms with Gasteiger partial charge in [0, 0.05) is 38.5 Å². The lowest BCUT2D eigenvalue weighted by atomic mass is 9.97. The van der Waals surface area contributed by atoms with Crippen LogP contribution in [0.15, 0.2) is 27.9 Å². The minimum atomic E-state index is -0.245. The largest absolute Gasteiger partial charge is 0.393 e. The van der Waals surface area contributed by atoms with E-state index >= 15 is 0 Å². The molecule has 1 amide bonds. The van der Waals surface area contributed by atoms with Crippen LogP contribution >= 0.6 is 23.4 Å². The summed E-state index contributed by atoms with van der Waals surface area (Å²) in [6.45, 7) is 5.78. The molecule has 0 spiro atoms. The Hall–Kier alpha value is -1.76. The molecule has 1 aliphatic carbocycles. The number of rotatable bonds is 5. The Morgan fingerprint density at radius 3 is 2.55 bits per heavy atom. The number of aliphatic hydroxyl groups excluding tert-OH is 1. The van der Waals surface area contributed by atoms with Gasteiger partial charge in [-0.1, -0.05) is 11.6 Å². The number of halogens is 1. The summed E-state index contributed by atoms with van der Waals surface area (Å²) in [7, 11) is 0. The molecule has 0 bridgehead atoms. The number of amides is 1. The number of thioether (sulfide) groups is 1. The number of hydrogen-bond donors (Lipinski definition) is 3. The van der Waals surface area contributed by atoms with Crippen LogP contribution in [0.4, 0.5) is 0 Å². The van der Waals surface area contributed by atoms with Crippen molar-refractivity contribution in [3.05, 3.63) is 61.5 Å². The number of H-pyrrole nitrogens is 1. The predicted octanol–water partition coefficient (Wildman–Crippen LogP) is 4.28. The van der Waals surface area contributed by atoms with E-state index in [1.54, 1.807) is 17.8 Å². The van der Waals surface area contributed by atoms with Crippen LogP contribution in [0.25, 0.3) is 0 Å². The Kier molecular flexibility index (Phi) is 7.09. The third-order valence-corrected chi connectivity index (χ3v) is 7.13. The molecule has 1 heterocycles. The average molecular weight is 435 g/mol. The fourth-order valence-electron chi connectivity index (χ4n) is 3.72. The van der Waals surface area contributed by atoms with E-state index < -0.39 is 0 Å². The van der Waals surface area contributed by atoms with E-state index in [-0.39, 0.29) is 24.1 Å². The van der Waals surface area contributed by atoms with Gasteiger partial charge in [-0.2, -0.15) is 0 Å². The lowest BCUT2D eigenvalue weighted by Gasteiger charge is -2.25. The van der Waals surface area contributed by atoms with Crippen molar-refractivity contribution >= 4 is 29.3 Å². The molecule has 1 aromatic heterocycles. The van der Waals surface area contributed by atoms with Gasteiger partial charge in [0.15, 0.2) is 0 Å². The molecule has 0 aliphatic heterocycles. The minimum absolute atomic E-state index is 0.162. The van der Waals surface area contributed by atoms with Crippen molar-refractivity contribution in [2.75, 3.05) is 0 Å². The lowest BCUT2D eigenvalue weighted by Crippen LogP contribution is -2.28. The highest BCUT2D eigenvalue weighted by atomic mass is 35.5. The van der Waals surface area contributed by atoms with Gasteiger partial charge in [-0.25, -0.2) is 0 Å². The van der Waals surface area contributed by atoms with Crippen molar-refractivity contribution in [2.45, 2.75) is 69.2 Å². The molecule has 1 saturated carbocycles. The van der Waals surface area contributed by atoms with Crippen molar-refractivity contribution < 1.29 is 9.90 Å². The van der Waals surface area contributed by atoms with Crippen LogP contribution in [0.3, 0.4) is 0 Å². The van der Waals surface area contributed by atoms with Crippen molar-refractivity contribution in [1.29, 1.82) is 0 Å².